The van der Waals surface area contributed by atoms with Crippen molar-refractivity contribution in [1.82, 2.24) is 0 Å². The van der Waals surface area contributed by atoms with Crippen LogP contribution in [0.1, 0.15) is 49.9 Å². The Morgan fingerprint density at radius 3 is 2.44 bits per heavy atom. The van der Waals surface area contributed by atoms with Crippen molar-refractivity contribution in [1.29, 1.82) is 0 Å². The monoisotopic (exact) mass is 246 g/mol. The van der Waals surface area contributed by atoms with Crippen LogP contribution in [0.2, 0.25) is 0 Å². The summed E-state index contributed by atoms with van der Waals surface area (Å²) in [5.74, 6) is 0.998. The maximum absolute atomic E-state index is 11.8. The SMILES string of the molecule is C=C(C)CCC(=O)c1ccc(OCCCC)cc1. The van der Waals surface area contributed by atoms with Crippen molar-refractivity contribution in [3.05, 3.63) is 42.0 Å². The van der Waals surface area contributed by atoms with Gasteiger partial charge in [0.05, 0.1) is 6.61 Å². The third-order valence-electron chi connectivity index (χ3n) is 2.72. The van der Waals surface area contributed by atoms with Gasteiger partial charge in [0.1, 0.15) is 5.75 Å². The molecule has 0 unspecified atom stereocenters. The molecule has 0 N–H and O–H groups in total. The average molecular weight is 246 g/mol. The lowest BCUT2D eigenvalue weighted by Crippen LogP contribution is -2.00. The van der Waals surface area contributed by atoms with Gasteiger partial charge in [-0.25, -0.2) is 0 Å². The molecule has 0 saturated heterocycles. The molecule has 1 aromatic carbocycles. The van der Waals surface area contributed by atoms with E-state index in [9.17, 15) is 4.79 Å². The van der Waals surface area contributed by atoms with Crippen LogP contribution in [0.25, 0.3) is 0 Å². The molecule has 2 heteroatoms. The third kappa shape index (κ3) is 5.17. The number of Topliss-reactive ketones (excluding diaryl/α,β-unsaturated/α-hetero) is 1. The lowest BCUT2D eigenvalue weighted by molar-refractivity contribution is 0.0983. The van der Waals surface area contributed by atoms with E-state index in [2.05, 4.69) is 13.5 Å². The quantitative estimate of drug-likeness (QED) is 0.386. The summed E-state index contributed by atoms with van der Waals surface area (Å²) in [6.07, 6.45) is 3.47. The smallest absolute Gasteiger partial charge is 0.163 e. The maximum atomic E-state index is 11.8. The summed E-state index contributed by atoms with van der Waals surface area (Å²) in [6.45, 7) is 8.61. The van der Waals surface area contributed by atoms with Gasteiger partial charge in [-0.2, -0.15) is 0 Å². The first-order valence-electron chi connectivity index (χ1n) is 6.54. The van der Waals surface area contributed by atoms with Crippen molar-refractivity contribution in [3.8, 4) is 5.75 Å². The number of ether oxygens (including phenoxy) is 1. The maximum Gasteiger partial charge on any atom is 0.163 e. The minimum Gasteiger partial charge on any atom is -0.494 e. The molecule has 0 saturated carbocycles. The van der Waals surface area contributed by atoms with Crippen LogP contribution in [0.5, 0.6) is 5.75 Å². The molecular weight excluding hydrogens is 224 g/mol. The number of carbonyl (C=O) groups is 1. The number of rotatable bonds is 8. The van der Waals surface area contributed by atoms with E-state index in [1.807, 2.05) is 31.2 Å². The summed E-state index contributed by atoms with van der Waals surface area (Å²) in [6, 6.07) is 7.40. The predicted octanol–water partition coefficient (Wildman–Crippen LogP) is 4.40. The second-order valence-electron chi connectivity index (χ2n) is 4.61. The zero-order chi connectivity index (χ0) is 13.4. The van der Waals surface area contributed by atoms with E-state index in [-0.39, 0.29) is 5.78 Å². The summed E-state index contributed by atoms with van der Waals surface area (Å²) in [4.78, 5) is 11.8. The average Bonchev–Trinajstić information content (AvgIpc) is 2.37. The molecule has 0 bridgehead atoms. The van der Waals surface area contributed by atoms with Crippen LogP contribution in [0.3, 0.4) is 0 Å². The highest BCUT2D eigenvalue weighted by atomic mass is 16.5. The Labute approximate surface area is 110 Å². The molecule has 0 spiro atoms. The predicted molar refractivity (Wildman–Crippen MR) is 75.2 cm³/mol. The van der Waals surface area contributed by atoms with Gasteiger partial charge in [-0.05, 0) is 44.0 Å². The van der Waals surface area contributed by atoms with Crippen molar-refractivity contribution in [3.63, 3.8) is 0 Å². The van der Waals surface area contributed by atoms with Crippen LogP contribution >= 0.6 is 0 Å². The Morgan fingerprint density at radius 1 is 1.22 bits per heavy atom. The lowest BCUT2D eigenvalue weighted by Gasteiger charge is -2.06. The Bertz CT molecular complexity index is 390. The molecule has 0 aliphatic rings. The highest BCUT2D eigenvalue weighted by Gasteiger charge is 2.05. The molecule has 0 aliphatic carbocycles. The van der Waals surface area contributed by atoms with Gasteiger partial charge in [0.25, 0.3) is 0 Å². The van der Waals surface area contributed by atoms with Crippen LogP contribution in [-0.4, -0.2) is 12.4 Å². The Hall–Kier alpha value is -1.57. The van der Waals surface area contributed by atoms with Gasteiger partial charge in [0.2, 0.25) is 0 Å². The number of carbonyl (C=O) groups excluding carboxylic acids is 1. The van der Waals surface area contributed by atoms with E-state index in [1.54, 1.807) is 0 Å². The van der Waals surface area contributed by atoms with E-state index < -0.39 is 0 Å². The van der Waals surface area contributed by atoms with E-state index in [0.29, 0.717) is 6.42 Å². The lowest BCUT2D eigenvalue weighted by atomic mass is 10.0. The van der Waals surface area contributed by atoms with Crippen LogP contribution in [0, 0.1) is 0 Å². The van der Waals surface area contributed by atoms with Gasteiger partial charge >= 0.3 is 0 Å². The molecule has 0 radical (unpaired) electrons. The third-order valence-corrected chi connectivity index (χ3v) is 2.72. The van der Waals surface area contributed by atoms with Gasteiger partial charge < -0.3 is 4.74 Å². The van der Waals surface area contributed by atoms with Gasteiger partial charge in [0.15, 0.2) is 5.78 Å². The normalized spacial score (nSPS) is 10.1. The molecule has 0 fully saturated rings. The largest absolute Gasteiger partial charge is 0.494 e. The number of hydrogen-bond acceptors (Lipinski definition) is 2. The second kappa shape index (κ2) is 7.70. The summed E-state index contributed by atoms with van der Waals surface area (Å²) in [5.41, 5.74) is 1.79. The fraction of sp³-hybridized carbons (Fsp3) is 0.438. The standard InChI is InChI=1S/C16H22O2/c1-4-5-12-18-15-9-7-14(8-10-15)16(17)11-6-13(2)3/h7-10H,2,4-6,11-12H2,1,3H3. The van der Waals surface area contributed by atoms with Crippen molar-refractivity contribution < 1.29 is 9.53 Å². The highest BCUT2D eigenvalue weighted by molar-refractivity contribution is 5.96. The van der Waals surface area contributed by atoms with Crippen molar-refractivity contribution in [2.75, 3.05) is 6.61 Å². The molecule has 98 valence electrons. The molecule has 0 heterocycles. The zero-order valence-electron chi connectivity index (χ0n) is 11.4. The fourth-order valence-electron chi connectivity index (χ4n) is 1.54. The van der Waals surface area contributed by atoms with Gasteiger partial charge in [-0.3, -0.25) is 4.79 Å². The number of unbranched alkanes of at least 4 members (excludes halogenated alkanes) is 1. The topological polar surface area (TPSA) is 26.3 Å². The molecule has 2 nitrogen and oxygen atoms in total. The summed E-state index contributed by atoms with van der Waals surface area (Å²) in [5, 5.41) is 0. The molecule has 0 amide bonds. The number of ketones is 1. The van der Waals surface area contributed by atoms with E-state index >= 15 is 0 Å². The number of benzene rings is 1. The van der Waals surface area contributed by atoms with Crippen LogP contribution in [-0.2, 0) is 0 Å². The van der Waals surface area contributed by atoms with Crippen molar-refractivity contribution in [2.24, 2.45) is 0 Å². The minimum absolute atomic E-state index is 0.165. The first kappa shape index (κ1) is 14.5. The van der Waals surface area contributed by atoms with Crippen LogP contribution in [0.15, 0.2) is 36.4 Å². The molecule has 0 aromatic heterocycles. The van der Waals surface area contributed by atoms with Gasteiger partial charge in [0, 0.05) is 12.0 Å². The van der Waals surface area contributed by atoms with Gasteiger partial charge in [-0.15, -0.1) is 6.58 Å². The highest BCUT2D eigenvalue weighted by Crippen LogP contribution is 2.15. The van der Waals surface area contributed by atoms with Crippen molar-refractivity contribution in [2.45, 2.75) is 39.5 Å². The van der Waals surface area contributed by atoms with Crippen LogP contribution < -0.4 is 4.74 Å². The first-order valence-corrected chi connectivity index (χ1v) is 6.54. The number of hydrogen-bond donors (Lipinski definition) is 0. The van der Waals surface area contributed by atoms with Crippen molar-refractivity contribution >= 4 is 5.78 Å². The first-order chi connectivity index (χ1) is 8.63. The Kier molecular flexibility index (Phi) is 6.20. The summed E-state index contributed by atoms with van der Waals surface area (Å²) < 4.78 is 5.55. The molecule has 1 rings (SSSR count). The number of allylic oxidation sites excluding steroid dienone is 1. The Balaban J connectivity index is 2.48. The zero-order valence-corrected chi connectivity index (χ0v) is 11.4. The summed E-state index contributed by atoms with van der Waals surface area (Å²) >= 11 is 0. The van der Waals surface area contributed by atoms with E-state index in [4.69, 9.17) is 4.74 Å². The van der Waals surface area contributed by atoms with Gasteiger partial charge in [-0.1, -0.05) is 18.9 Å². The molecule has 18 heavy (non-hydrogen) atoms. The fourth-order valence-corrected chi connectivity index (χ4v) is 1.54. The molecular formula is C16H22O2. The Morgan fingerprint density at radius 2 is 1.89 bits per heavy atom. The molecule has 0 atom stereocenters. The molecule has 1 aromatic rings. The van der Waals surface area contributed by atoms with Crippen LogP contribution in [0.4, 0.5) is 0 Å². The summed E-state index contributed by atoms with van der Waals surface area (Å²) in [7, 11) is 0. The van der Waals surface area contributed by atoms with E-state index in [0.717, 1.165) is 42.8 Å². The second-order valence-corrected chi connectivity index (χ2v) is 4.61. The molecule has 0 aliphatic heterocycles. The van der Waals surface area contributed by atoms with E-state index in [1.165, 1.54) is 0 Å². The minimum atomic E-state index is 0.165.